The van der Waals surface area contributed by atoms with E-state index in [1.807, 2.05) is 0 Å². The minimum atomic E-state index is -0.0391. The molecule has 3 aliphatic rings. The third-order valence-corrected chi connectivity index (χ3v) is 6.04. The number of benzene rings is 1. The first-order valence-electron chi connectivity index (χ1n) is 9.01. The van der Waals surface area contributed by atoms with Crippen molar-refractivity contribution in [2.24, 2.45) is 5.92 Å². The average molecular weight is 313 g/mol. The summed E-state index contributed by atoms with van der Waals surface area (Å²) in [4.78, 5) is 17.6. The van der Waals surface area contributed by atoms with Crippen molar-refractivity contribution in [1.29, 1.82) is 0 Å². The molecule has 3 heterocycles. The highest BCUT2D eigenvalue weighted by atomic mass is 16.2. The quantitative estimate of drug-likeness (QED) is 0.856. The van der Waals surface area contributed by atoms with Crippen LogP contribution < -0.4 is 5.32 Å². The Kier molecular flexibility index (Phi) is 4.12. The summed E-state index contributed by atoms with van der Waals surface area (Å²) in [7, 11) is 2.24. The number of piperidine rings is 2. The topological polar surface area (TPSA) is 35.6 Å². The normalized spacial score (nSPS) is 31.3. The zero-order valence-electron chi connectivity index (χ0n) is 14.0. The highest BCUT2D eigenvalue weighted by Gasteiger charge is 2.37. The number of nitrogens with zero attached hydrogens (tertiary/aromatic N) is 2. The van der Waals surface area contributed by atoms with Crippen molar-refractivity contribution in [3.63, 3.8) is 0 Å². The van der Waals surface area contributed by atoms with Gasteiger partial charge < -0.3 is 15.1 Å². The Balaban J connectivity index is 1.42. The maximum Gasteiger partial charge on any atom is 0.240 e. The Morgan fingerprint density at radius 2 is 2.00 bits per heavy atom. The Morgan fingerprint density at radius 1 is 1.17 bits per heavy atom. The van der Waals surface area contributed by atoms with Gasteiger partial charge in [0.05, 0.1) is 6.04 Å². The van der Waals surface area contributed by atoms with Crippen molar-refractivity contribution < 1.29 is 4.79 Å². The van der Waals surface area contributed by atoms with Crippen LogP contribution in [-0.4, -0.2) is 54.5 Å². The second-order valence-corrected chi connectivity index (χ2v) is 7.43. The van der Waals surface area contributed by atoms with Gasteiger partial charge in [0.15, 0.2) is 0 Å². The zero-order valence-corrected chi connectivity index (χ0v) is 14.0. The molecule has 3 atom stereocenters. The summed E-state index contributed by atoms with van der Waals surface area (Å²) in [6.07, 6.45) is 4.52. The molecule has 0 aliphatic carbocycles. The molecule has 0 bridgehead atoms. The van der Waals surface area contributed by atoms with E-state index >= 15 is 0 Å². The van der Waals surface area contributed by atoms with E-state index in [9.17, 15) is 4.79 Å². The number of fused-ring (bicyclic) bond motifs is 2. The van der Waals surface area contributed by atoms with Gasteiger partial charge in [-0.2, -0.15) is 0 Å². The van der Waals surface area contributed by atoms with Gasteiger partial charge in [-0.25, -0.2) is 0 Å². The van der Waals surface area contributed by atoms with E-state index in [0.29, 0.717) is 17.9 Å². The number of hydrogen-bond donors (Lipinski definition) is 1. The largest absolute Gasteiger partial charge is 0.341 e. The minimum absolute atomic E-state index is 0.0391. The summed E-state index contributed by atoms with van der Waals surface area (Å²) >= 11 is 0. The lowest BCUT2D eigenvalue weighted by Crippen LogP contribution is -2.57. The molecule has 4 rings (SSSR count). The predicted octanol–water partition coefficient (Wildman–Crippen LogP) is 1.64. The van der Waals surface area contributed by atoms with Crippen LogP contribution in [0.5, 0.6) is 0 Å². The summed E-state index contributed by atoms with van der Waals surface area (Å²) in [5.74, 6) is 0.980. The molecule has 0 aromatic heterocycles. The summed E-state index contributed by atoms with van der Waals surface area (Å²) in [6.45, 7) is 3.91. The number of amides is 1. The van der Waals surface area contributed by atoms with Gasteiger partial charge in [-0.05, 0) is 56.3 Å². The average Bonchev–Trinajstić information content (AvgIpc) is 2.60. The third-order valence-electron chi connectivity index (χ3n) is 6.04. The summed E-state index contributed by atoms with van der Waals surface area (Å²) < 4.78 is 0. The van der Waals surface area contributed by atoms with E-state index in [4.69, 9.17) is 0 Å². The van der Waals surface area contributed by atoms with Crippen molar-refractivity contribution in [3.05, 3.63) is 35.4 Å². The first kappa shape index (κ1) is 15.2. The number of carbonyl (C=O) groups is 1. The lowest BCUT2D eigenvalue weighted by Gasteiger charge is -2.46. The summed E-state index contributed by atoms with van der Waals surface area (Å²) in [5, 5.41) is 3.45. The molecule has 4 heteroatoms. The van der Waals surface area contributed by atoms with Gasteiger partial charge in [-0.15, -0.1) is 0 Å². The van der Waals surface area contributed by atoms with Crippen LogP contribution in [0.3, 0.4) is 0 Å². The van der Waals surface area contributed by atoms with Gasteiger partial charge in [-0.1, -0.05) is 24.3 Å². The molecule has 2 saturated heterocycles. The SMILES string of the molecule is CN1CCCC2CN(C(=O)C3Cc4ccccc4CN3)CCC21. The molecule has 0 radical (unpaired) electrons. The molecule has 23 heavy (non-hydrogen) atoms. The van der Waals surface area contributed by atoms with Gasteiger partial charge in [0.2, 0.25) is 5.91 Å². The van der Waals surface area contributed by atoms with Crippen molar-refractivity contribution in [1.82, 2.24) is 15.1 Å². The van der Waals surface area contributed by atoms with Crippen LogP contribution in [0, 0.1) is 5.92 Å². The molecular weight excluding hydrogens is 286 g/mol. The maximum atomic E-state index is 13.0. The Morgan fingerprint density at radius 3 is 2.87 bits per heavy atom. The monoisotopic (exact) mass is 313 g/mol. The Labute approximate surface area is 138 Å². The lowest BCUT2D eigenvalue weighted by atomic mass is 9.83. The molecular formula is C19H27N3O. The number of hydrogen-bond acceptors (Lipinski definition) is 3. The number of nitrogens with one attached hydrogen (secondary N) is 1. The van der Waals surface area contributed by atoms with Crippen LogP contribution in [0.4, 0.5) is 0 Å². The molecule has 0 saturated carbocycles. The predicted molar refractivity (Wildman–Crippen MR) is 91.1 cm³/mol. The standard InChI is InChI=1S/C19H27N3O/c1-21-9-4-7-16-13-22(10-8-18(16)21)19(23)17-11-14-5-2-3-6-15(14)12-20-17/h2-3,5-6,16-18,20H,4,7-13H2,1H3. The molecule has 2 fully saturated rings. The maximum absolute atomic E-state index is 13.0. The van der Waals surface area contributed by atoms with Crippen LogP contribution in [0.15, 0.2) is 24.3 Å². The molecule has 1 N–H and O–H groups in total. The van der Waals surface area contributed by atoms with Crippen molar-refractivity contribution in [2.45, 2.75) is 44.3 Å². The fourth-order valence-corrected chi connectivity index (χ4v) is 4.70. The van der Waals surface area contributed by atoms with Crippen molar-refractivity contribution in [3.8, 4) is 0 Å². The van der Waals surface area contributed by atoms with Crippen LogP contribution in [0.1, 0.15) is 30.4 Å². The second-order valence-electron chi connectivity index (χ2n) is 7.43. The summed E-state index contributed by atoms with van der Waals surface area (Å²) in [5.41, 5.74) is 2.67. The first-order chi connectivity index (χ1) is 11.2. The number of likely N-dealkylation sites (tertiary alicyclic amines) is 2. The van der Waals surface area contributed by atoms with Gasteiger partial charge in [0.25, 0.3) is 0 Å². The zero-order chi connectivity index (χ0) is 15.8. The van der Waals surface area contributed by atoms with E-state index in [1.54, 1.807) is 0 Å². The van der Waals surface area contributed by atoms with E-state index in [-0.39, 0.29) is 6.04 Å². The Bertz CT molecular complexity index is 588. The number of rotatable bonds is 1. The highest BCUT2D eigenvalue weighted by Crippen LogP contribution is 2.30. The third kappa shape index (κ3) is 2.90. The van der Waals surface area contributed by atoms with Crippen LogP contribution >= 0.6 is 0 Å². The van der Waals surface area contributed by atoms with Gasteiger partial charge >= 0.3 is 0 Å². The van der Waals surface area contributed by atoms with Crippen LogP contribution in [0.25, 0.3) is 0 Å². The van der Waals surface area contributed by atoms with Gasteiger partial charge in [0.1, 0.15) is 0 Å². The van der Waals surface area contributed by atoms with E-state index in [2.05, 4.69) is 46.4 Å². The van der Waals surface area contributed by atoms with Crippen molar-refractivity contribution >= 4 is 5.91 Å². The fraction of sp³-hybridized carbons (Fsp3) is 0.632. The van der Waals surface area contributed by atoms with E-state index in [0.717, 1.165) is 32.5 Å². The molecule has 1 aromatic carbocycles. The van der Waals surface area contributed by atoms with E-state index in [1.165, 1.54) is 30.5 Å². The molecule has 1 amide bonds. The molecule has 3 unspecified atom stereocenters. The molecule has 124 valence electrons. The van der Waals surface area contributed by atoms with Crippen LogP contribution in [-0.2, 0) is 17.8 Å². The lowest BCUT2D eigenvalue weighted by molar-refractivity contribution is -0.137. The van der Waals surface area contributed by atoms with Crippen molar-refractivity contribution in [2.75, 3.05) is 26.7 Å². The number of carbonyl (C=O) groups excluding carboxylic acids is 1. The van der Waals surface area contributed by atoms with Gasteiger partial charge in [0, 0.05) is 25.7 Å². The molecule has 3 aliphatic heterocycles. The van der Waals surface area contributed by atoms with E-state index < -0.39 is 0 Å². The smallest absolute Gasteiger partial charge is 0.240 e. The van der Waals surface area contributed by atoms with Crippen LogP contribution in [0.2, 0.25) is 0 Å². The summed E-state index contributed by atoms with van der Waals surface area (Å²) in [6, 6.07) is 9.13. The first-order valence-corrected chi connectivity index (χ1v) is 9.01. The Hall–Kier alpha value is -1.39. The second kappa shape index (κ2) is 6.25. The molecule has 0 spiro atoms. The fourth-order valence-electron chi connectivity index (χ4n) is 4.70. The molecule has 1 aromatic rings. The highest BCUT2D eigenvalue weighted by molar-refractivity contribution is 5.82. The molecule has 4 nitrogen and oxygen atoms in total. The van der Waals surface area contributed by atoms with Gasteiger partial charge in [-0.3, -0.25) is 4.79 Å². The minimum Gasteiger partial charge on any atom is -0.341 e.